The monoisotopic (exact) mass is 515 g/mol. The fourth-order valence-electron chi connectivity index (χ4n) is 5.44. The summed E-state index contributed by atoms with van der Waals surface area (Å²) in [6, 6.07) is 6.74. The highest BCUT2D eigenvalue weighted by Crippen LogP contribution is 2.34. The first-order valence-electron chi connectivity index (χ1n) is 12.3. The molecule has 1 fully saturated rings. The van der Waals surface area contributed by atoms with Crippen molar-refractivity contribution in [2.75, 3.05) is 25.5 Å². The first-order valence-corrected chi connectivity index (χ1v) is 13.1. The molecule has 1 aromatic heterocycles. The normalized spacial score (nSPS) is 18.3. The van der Waals surface area contributed by atoms with Gasteiger partial charge < -0.3 is 20.1 Å². The van der Waals surface area contributed by atoms with Crippen LogP contribution in [-0.4, -0.2) is 53.5 Å². The summed E-state index contributed by atoms with van der Waals surface area (Å²) in [6.07, 6.45) is 6.28. The van der Waals surface area contributed by atoms with E-state index in [9.17, 15) is 4.79 Å². The van der Waals surface area contributed by atoms with Crippen LogP contribution in [-0.2, 0) is 6.54 Å². The molecule has 8 heteroatoms. The number of halogens is 2. The number of imidazole rings is 1. The van der Waals surface area contributed by atoms with Gasteiger partial charge in [0.15, 0.2) is 0 Å². The molecule has 2 N–H and O–H groups in total. The van der Waals surface area contributed by atoms with Crippen LogP contribution in [0.5, 0.6) is 0 Å². The number of benzene rings is 2. The highest BCUT2D eigenvalue weighted by molar-refractivity contribution is 6.32. The molecule has 188 valence electrons. The Kier molecular flexibility index (Phi) is 7.94. The molecule has 0 bridgehead atoms. The van der Waals surface area contributed by atoms with Crippen LogP contribution in [0.1, 0.15) is 59.7 Å². The van der Waals surface area contributed by atoms with E-state index in [-0.39, 0.29) is 5.91 Å². The second-order valence-electron chi connectivity index (χ2n) is 9.77. The predicted octanol–water partition coefficient (Wildman–Crippen LogP) is 6.12. The average Bonchev–Trinajstić information content (AvgIpc) is 3.32. The lowest BCUT2D eigenvalue weighted by Crippen LogP contribution is -2.42. The lowest BCUT2D eigenvalue weighted by molar-refractivity contribution is 0.0950. The van der Waals surface area contributed by atoms with Crippen molar-refractivity contribution in [1.82, 2.24) is 20.2 Å². The molecule has 1 amide bonds. The van der Waals surface area contributed by atoms with Crippen molar-refractivity contribution in [2.45, 2.75) is 65.1 Å². The van der Waals surface area contributed by atoms with Gasteiger partial charge in [-0.2, -0.15) is 0 Å². The number of aromatic nitrogens is 2. The minimum Gasteiger partial charge on any atom is -0.369 e. The molecule has 35 heavy (non-hydrogen) atoms. The van der Waals surface area contributed by atoms with Crippen molar-refractivity contribution in [3.05, 3.63) is 56.8 Å². The molecule has 2 aromatic carbocycles. The Morgan fingerprint density at radius 3 is 2.46 bits per heavy atom. The van der Waals surface area contributed by atoms with Crippen molar-refractivity contribution in [2.24, 2.45) is 0 Å². The van der Waals surface area contributed by atoms with Crippen LogP contribution in [0.15, 0.2) is 24.5 Å². The van der Waals surface area contributed by atoms with Gasteiger partial charge in [-0.25, -0.2) is 4.98 Å². The number of hydrogen-bond acceptors (Lipinski definition) is 4. The number of rotatable bonds is 7. The van der Waals surface area contributed by atoms with E-state index in [0.29, 0.717) is 34.2 Å². The van der Waals surface area contributed by atoms with Crippen LogP contribution >= 0.6 is 23.2 Å². The third-order valence-electron chi connectivity index (χ3n) is 7.45. The van der Waals surface area contributed by atoms with E-state index in [1.165, 1.54) is 12.8 Å². The number of aromatic amines is 1. The minimum atomic E-state index is -0.164. The summed E-state index contributed by atoms with van der Waals surface area (Å²) in [4.78, 5) is 25.6. The number of hydrogen-bond donors (Lipinski definition) is 2. The molecule has 3 aromatic rings. The Balaban J connectivity index is 1.56. The molecule has 1 saturated carbocycles. The summed E-state index contributed by atoms with van der Waals surface area (Å²) in [7, 11) is 4.32. The molecular weight excluding hydrogens is 481 g/mol. The van der Waals surface area contributed by atoms with Crippen molar-refractivity contribution in [3.63, 3.8) is 0 Å². The van der Waals surface area contributed by atoms with Gasteiger partial charge in [0, 0.05) is 52.0 Å². The lowest BCUT2D eigenvalue weighted by Gasteiger charge is -2.40. The molecule has 6 nitrogen and oxygen atoms in total. The number of nitrogens with one attached hydrogen (secondary N) is 2. The van der Waals surface area contributed by atoms with Crippen LogP contribution in [0.2, 0.25) is 10.0 Å². The molecule has 1 aliphatic carbocycles. The molecule has 0 spiro atoms. The highest BCUT2D eigenvalue weighted by atomic mass is 35.5. The number of carbonyl (C=O) groups is 1. The van der Waals surface area contributed by atoms with Crippen molar-refractivity contribution < 1.29 is 4.79 Å². The highest BCUT2D eigenvalue weighted by Gasteiger charge is 2.28. The first kappa shape index (κ1) is 25.8. The van der Waals surface area contributed by atoms with Crippen LogP contribution < -0.4 is 10.2 Å². The van der Waals surface area contributed by atoms with E-state index < -0.39 is 0 Å². The van der Waals surface area contributed by atoms with Crippen LogP contribution in [0.4, 0.5) is 5.69 Å². The zero-order valence-corrected chi connectivity index (χ0v) is 22.7. The van der Waals surface area contributed by atoms with Crippen molar-refractivity contribution in [1.29, 1.82) is 0 Å². The largest absolute Gasteiger partial charge is 0.369 e. The molecule has 1 aliphatic rings. The summed E-state index contributed by atoms with van der Waals surface area (Å²) in [6.45, 7) is 7.33. The van der Waals surface area contributed by atoms with Gasteiger partial charge in [0.1, 0.15) is 0 Å². The Hall–Kier alpha value is -2.28. The summed E-state index contributed by atoms with van der Waals surface area (Å²) < 4.78 is 0. The van der Waals surface area contributed by atoms with E-state index in [0.717, 1.165) is 52.8 Å². The third kappa shape index (κ3) is 5.30. The molecule has 0 saturated heterocycles. The van der Waals surface area contributed by atoms with Crippen LogP contribution in [0, 0.1) is 13.8 Å². The van der Waals surface area contributed by atoms with Gasteiger partial charge in [0.2, 0.25) is 0 Å². The fourth-order valence-corrected chi connectivity index (χ4v) is 5.97. The topological polar surface area (TPSA) is 64.3 Å². The van der Waals surface area contributed by atoms with Gasteiger partial charge in [0.05, 0.1) is 17.4 Å². The van der Waals surface area contributed by atoms with E-state index in [4.69, 9.17) is 23.2 Å². The maximum atomic E-state index is 13.3. The maximum Gasteiger partial charge on any atom is 0.251 e. The van der Waals surface area contributed by atoms with Crippen LogP contribution in [0.3, 0.4) is 0 Å². The van der Waals surface area contributed by atoms with Gasteiger partial charge in [-0.3, -0.25) is 4.79 Å². The SMILES string of the molecule is CCN(c1cc(Cl)cc(C(=O)NCc2c(Cl)cc(C)c3nc[nH]c23)c1C)C1CCC(N(C)C)CC1. The minimum absolute atomic E-state index is 0.164. The summed E-state index contributed by atoms with van der Waals surface area (Å²) in [5, 5.41) is 4.23. The van der Waals surface area contributed by atoms with Gasteiger partial charge in [-0.15, -0.1) is 0 Å². The first-order chi connectivity index (χ1) is 16.7. The number of fused-ring (bicyclic) bond motifs is 1. The average molecular weight is 517 g/mol. The molecule has 4 rings (SSSR count). The van der Waals surface area contributed by atoms with E-state index in [1.807, 2.05) is 26.0 Å². The summed E-state index contributed by atoms with van der Waals surface area (Å²) >= 11 is 13.1. The fraction of sp³-hybridized carbons (Fsp3) is 0.481. The molecule has 1 heterocycles. The molecule has 0 atom stereocenters. The standard InChI is InChI=1S/C27H35Cl2N5O/c1-6-34(20-9-7-19(8-10-20)33(4)5)24-13-18(28)12-21(17(24)3)27(35)30-14-22-23(29)11-16(2)25-26(22)32-15-31-25/h11-13,15,19-20H,6-10,14H2,1-5H3,(H,30,35)(H,31,32). The Labute approximate surface area is 218 Å². The van der Waals surface area contributed by atoms with Crippen molar-refractivity contribution in [3.8, 4) is 0 Å². The lowest BCUT2D eigenvalue weighted by atomic mass is 9.89. The molecule has 0 radical (unpaired) electrons. The van der Waals surface area contributed by atoms with Gasteiger partial charge in [-0.05, 0) is 89.9 Å². The second-order valence-corrected chi connectivity index (χ2v) is 10.6. The smallest absolute Gasteiger partial charge is 0.251 e. The third-order valence-corrected chi connectivity index (χ3v) is 8.00. The second kappa shape index (κ2) is 10.8. The quantitative estimate of drug-likeness (QED) is 0.398. The van der Waals surface area contributed by atoms with Gasteiger partial charge in [-0.1, -0.05) is 23.2 Å². The van der Waals surface area contributed by atoms with E-state index in [1.54, 1.807) is 12.4 Å². The number of amides is 1. The van der Waals surface area contributed by atoms with E-state index in [2.05, 4.69) is 46.1 Å². The van der Waals surface area contributed by atoms with Gasteiger partial charge >= 0.3 is 0 Å². The number of carbonyl (C=O) groups excluding carboxylic acids is 1. The number of H-pyrrole nitrogens is 1. The Bertz CT molecular complexity index is 1210. The zero-order valence-electron chi connectivity index (χ0n) is 21.2. The number of anilines is 1. The predicted molar refractivity (Wildman–Crippen MR) is 146 cm³/mol. The number of aryl methyl sites for hydroxylation is 1. The van der Waals surface area contributed by atoms with Crippen LogP contribution in [0.25, 0.3) is 11.0 Å². The summed E-state index contributed by atoms with van der Waals surface area (Å²) in [5.74, 6) is -0.164. The van der Waals surface area contributed by atoms with Gasteiger partial charge in [0.25, 0.3) is 5.91 Å². The molecular formula is C27H35Cl2N5O. The van der Waals surface area contributed by atoms with E-state index >= 15 is 0 Å². The molecule has 0 unspecified atom stereocenters. The molecule has 0 aliphatic heterocycles. The van der Waals surface area contributed by atoms with Crippen molar-refractivity contribution >= 4 is 45.8 Å². The Morgan fingerprint density at radius 2 is 1.80 bits per heavy atom. The Morgan fingerprint density at radius 1 is 1.11 bits per heavy atom. The maximum absolute atomic E-state index is 13.3. The summed E-state index contributed by atoms with van der Waals surface area (Å²) in [5.41, 5.74) is 6.12. The number of nitrogens with zero attached hydrogens (tertiary/aromatic N) is 3. The zero-order chi connectivity index (χ0) is 25.3.